The summed E-state index contributed by atoms with van der Waals surface area (Å²) in [6.07, 6.45) is 89.5. The molecule has 0 amide bonds. The summed E-state index contributed by atoms with van der Waals surface area (Å²) >= 11 is 0. The Bertz CT molecular complexity index is 1600. The van der Waals surface area contributed by atoms with Gasteiger partial charge in [-0.1, -0.05) is 284 Å². The average molecular weight is 1070 g/mol. The molecule has 0 fully saturated rings. The van der Waals surface area contributed by atoms with E-state index in [9.17, 15) is 14.4 Å². The van der Waals surface area contributed by atoms with Crippen LogP contribution < -0.4 is 0 Å². The Labute approximate surface area is 475 Å². The molecule has 0 aliphatic carbocycles. The largest absolute Gasteiger partial charge is 0.462 e. The quantitative estimate of drug-likeness (QED) is 0.0261. The molecule has 77 heavy (non-hydrogen) atoms. The monoisotopic (exact) mass is 1070 g/mol. The van der Waals surface area contributed by atoms with Gasteiger partial charge in [0.1, 0.15) is 13.2 Å². The van der Waals surface area contributed by atoms with E-state index < -0.39 is 12.1 Å². The fourth-order valence-corrected chi connectivity index (χ4v) is 8.74. The molecule has 6 nitrogen and oxygen atoms in total. The van der Waals surface area contributed by atoms with Crippen molar-refractivity contribution in [1.29, 1.82) is 0 Å². The number of carbonyl (C=O) groups excluding carboxylic acids is 3. The average Bonchev–Trinajstić information content (AvgIpc) is 3.43. The Morgan fingerprint density at radius 1 is 0.286 bits per heavy atom. The van der Waals surface area contributed by atoms with Gasteiger partial charge in [0.2, 0.25) is 0 Å². The van der Waals surface area contributed by atoms with E-state index in [0.29, 0.717) is 6.42 Å². The van der Waals surface area contributed by atoms with Crippen molar-refractivity contribution < 1.29 is 28.6 Å². The molecule has 0 bridgehead atoms. The summed E-state index contributed by atoms with van der Waals surface area (Å²) in [5, 5.41) is 0. The fourth-order valence-electron chi connectivity index (χ4n) is 8.74. The summed E-state index contributed by atoms with van der Waals surface area (Å²) < 4.78 is 16.8. The number of esters is 3. The van der Waals surface area contributed by atoms with Crippen molar-refractivity contribution in [2.45, 2.75) is 297 Å². The second-order valence-corrected chi connectivity index (χ2v) is 20.9. The highest BCUT2D eigenvalue weighted by Crippen LogP contribution is 2.16. The Kier molecular flexibility index (Phi) is 60.8. The second-order valence-electron chi connectivity index (χ2n) is 20.9. The van der Waals surface area contributed by atoms with E-state index in [1.54, 1.807) is 6.08 Å². The van der Waals surface area contributed by atoms with Crippen LogP contribution in [0.4, 0.5) is 0 Å². The van der Waals surface area contributed by atoms with Crippen LogP contribution in [-0.4, -0.2) is 37.2 Å². The normalized spacial score (nSPS) is 12.9. The molecular weight excluding hydrogens is 949 g/mol. The summed E-state index contributed by atoms with van der Waals surface area (Å²) in [6.45, 7) is 6.33. The van der Waals surface area contributed by atoms with Crippen LogP contribution in [0.2, 0.25) is 0 Å². The van der Waals surface area contributed by atoms with Gasteiger partial charge in [0.25, 0.3) is 0 Å². The van der Waals surface area contributed by atoms with Crippen LogP contribution in [0.15, 0.2) is 122 Å². The smallest absolute Gasteiger partial charge is 0.309 e. The standard InChI is InChI=1S/C71H118O6/c1-4-7-10-13-16-19-22-25-28-30-32-33-34-35-36-37-39-40-43-46-49-52-55-58-61-64-70(73)76-67-68(66-75-69(72)63-60-57-54-51-48-45-42-27-24-21-18-15-12-9-6-3)77-71(74)65-62-59-56-53-50-47-44-41-38-31-29-26-23-20-17-14-11-8-5-2/h8-9,11-12,17-18,20-21,26-27,29-30,32,38,41-42,48,51,57,60,68H,4-7,10,13-16,19,22-25,28,31,33-37,39-40,43-47,49-50,52-56,58-59,61-67H2,1-3H3/b11-8-,12-9-,20-17-,21-18-,29-26-,32-30-,41-38-,42-27-,51-48-,60-57-. The molecule has 1 atom stereocenters. The Morgan fingerprint density at radius 2 is 0.558 bits per heavy atom. The van der Waals surface area contributed by atoms with Crippen molar-refractivity contribution >= 4 is 17.9 Å². The van der Waals surface area contributed by atoms with E-state index in [4.69, 9.17) is 14.2 Å². The van der Waals surface area contributed by atoms with Crippen LogP contribution in [0.5, 0.6) is 0 Å². The first kappa shape index (κ1) is 72.8. The Hall–Kier alpha value is -4.19. The number of carbonyl (C=O) groups is 3. The minimum absolute atomic E-state index is 0.115. The molecule has 0 saturated heterocycles. The predicted octanol–water partition coefficient (Wildman–Crippen LogP) is 22.0. The van der Waals surface area contributed by atoms with Crippen molar-refractivity contribution in [3.8, 4) is 0 Å². The van der Waals surface area contributed by atoms with Gasteiger partial charge in [-0.2, -0.15) is 0 Å². The van der Waals surface area contributed by atoms with Crippen molar-refractivity contribution in [2.24, 2.45) is 0 Å². The molecule has 0 aliphatic heterocycles. The van der Waals surface area contributed by atoms with Crippen molar-refractivity contribution in [3.63, 3.8) is 0 Å². The van der Waals surface area contributed by atoms with E-state index in [0.717, 1.165) is 109 Å². The van der Waals surface area contributed by atoms with E-state index in [1.807, 2.05) is 6.08 Å². The lowest BCUT2D eigenvalue weighted by atomic mass is 10.0. The van der Waals surface area contributed by atoms with Crippen LogP contribution in [0.3, 0.4) is 0 Å². The van der Waals surface area contributed by atoms with Crippen LogP contribution in [-0.2, 0) is 28.6 Å². The van der Waals surface area contributed by atoms with Gasteiger partial charge in [0, 0.05) is 12.8 Å². The summed E-state index contributed by atoms with van der Waals surface area (Å²) in [4.78, 5) is 38.2. The molecule has 438 valence electrons. The molecule has 0 heterocycles. The molecule has 1 unspecified atom stereocenters. The van der Waals surface area contributed by atoms with Gasteiger partial charge >= 0.3 is 17.9 Å². The zero-order valence-electron chi connectivity index (χ0n) is 50.2. The van der Waals surface area contributed by atoms with Crippen molar-refractivity contribution in [2.75, 3.05) is 13.2 Å². The van der Waals surface area contributed by atoms with Crippen molar-refractivity contribution in [3.05, 3.63) is 122 Å². The molecule has 0 rings (SSSR count). The number of hydrogen-bond acceptors (Lipinski definition) is 6. The van der Waals surface area contributed by atoms with Gasteiger partial charge in [0.15, 0.2) is 6.10 Å². The van der Waals surface area contributed by atoms with Crippen molar-refractivity contribution in [1.82, 2.24) is 0 Å². The first-order chi connectivity index (χ1) is 38.0. The number of hydrogen-bond donors (Lipinski definition) is 0. The molecule has 0 radical (unpaired) electrons. The third-order valence-corrected chi connectivity index (χ3v) is 13.5. The van der Waals surface area contributed by atoms with Crippen LogP contribution in [0.1, 0.15) is 290 Å². The molecule has 0 aliphatic rings. The minimum Gasteiger partial charge on any atom is -0.462 e. The molecule has 0 N–H and O–H groups in total. The van der Waals surface area contributed by atoms with E-state index in [2.05, 4.69) is 130 Å². The van der Waals surface area contributed by atoms with Gasteiger partial charge in [-0.25, -0.2) is 0 Å². The molecule has 0 aromatic heterocycles. The van der Waals surface area contributed by atoms with E-state index in [1.165, 1.54) is 141 Å². The maximum absolute atomic E-state index is 12.9. The lowest BCUT2D eigenvalue weighted by molar-refractivity contribution is -0.166. The zero-order valence-corrected chi connectivity index (χ0v) is 50.2. The number of ether oxygens (including phenoxy) is 3. The van der Waals surface area contributed by atoms with Crippen LogP contribution >= 0.6 is 0 Å². The third kappa shape index (κ3) is 62.5. The summed E-state index contributed by atoms with van der Waals surface area (Å²) in [6, 6.07) is 0. The van der Waals surface area contributed by atoms with Crippen LogP contribution in [0, 0.1) is 0 Å². The zero-order chi connectivity index (χ0) is 55.7. The Morgan fingerprint density at radius 3 is 0.922 bits per heavy atom. The van der Waals surface area contributed by atoms with Gasteiger partial charge in [0.05, 0.1) is 6.42 Å². The maximum Gasteiger partial charge on any atom is 0.309 e. The molecule has 0 saturated carbocycles. The van der Waals surface area contributed by atoms with E-state index >= 15 is 0 Å². The van der Waals surface area contributed by atoms with Gasteiger partial charge in [-0.15, -0.1) is 0 Å². The topological polar surface area (TPSA) is 78.9 Å². The maximum atomic E-state index is 12.9. The number of rotatable bonds is 57. The highest BCUT2D eigenvalue weighted by molar-refractivity contribution is 5.72. The lowest BCUT2D eigenvalue weighted by Gasteiger charge is -2.18. The number of allylic oxidation sites excluding steroid dienone is 19. The lowest BCUT2D eigenvalue weighted by Crippen LogP contribution is -2.30. The summed E-state index contributed by atoms with van der Waals surface area (Å²) in [5.74, 6) is -1.06. The fraction of sp³-hybridized carbons (Fsp3) is 0.676. The van der Waals surface area contributed by atoms with Gasteiger partial charge in [-0.3, -0.25) is 14.4 Å². The highest BCUT2D eigenvalue weighted by atomic mass is 16.6. The highest BCUT2D eigenvalue weighted by Gasteiger charge is 2.19. The molecule has 0 spiro atoms. The molecule has 6 heteroatoms. The van der Waals surface area contributed by atoms with Gasteiger partial charge in [-0.05, 0) is 109 Å². The summed E-state index contributed by atoms with van der Waals surface area (Å²) in [5.41, 5.74) is 0. The van der Waals surface area contributed by atoms with E-state index in [-0.39, 0.29) is 38.0 Å². The predicted molar refractivity (Wildman–Crippen MR) is 334 cm³/mol. The Balaban J connectivity index is 4.42. The third-order valence-electron chi connectivity index (χ3n) is 13.5. The molecule has 0 aromatic carbocycles. The summed E-state index contributed by atoms with van der Waals surface area (Å²) in [7, 11) is 0. The second kappa shape index (κ2) is 64.3. The number of unbranched alkanes of at least 4 members (excludes halogenated alkanes) is 27. The van der Waals surface area contributed by atoms with Gasteiger partial charge < -0.3 is 14.2 Å². The first-order valence-corrected chi connectivity index (χ1v) is 32.0. The first-order valence-electron chi connectivity index (χ1n) is 32.0. The minimum atomic E-state index is -0.830. The molecule has 0 aromatic rings. The van der Waals surface area contributed by atoms with Crippen LogP contribution in [0.25, 0.3) is 0 Å². The SMILES string of the molecule is CC/C=C\C/C=C\C/C=C\C/C=C\C/C=C\CC(=O)OCC(COC(=O)CCCCCCCCCCCCCCC/C=C\CCCCCCCCCC)OC(=O)CCCCCCCC/C=C\C/C=C\C/C=C\C/C=C\CC. The molecular formula is C71H118O6.